The number of esters is 1. The predicted molar refractivity (Wildman–Crippen MR) is 136 cm³/mol. The molecule has 4 aromatic rings. The van der Waals surface area contributed by atoms with E-state index in [9.17, 15) is 9.59 Å². The van der Waals surface area contributed by atoms with E-state index in [0.717, 1.165) is 27.8 Å². The maximum atomic E-state index is 13.0. The fraction of sp³-hybridized carbons (Fsp3) is 0.148. The Kier molecular flexibility index (Phi) is 7.23. The number of hydrogen-bond donors (Lipinski definition) is 1. The second kappa shape index (κ2) is 10.5. The Bertz CT molecular complexity index is 1350. The molecule has 0 atom stereocenters. The summed E-state index contributed by atoms with van der Waals surface area (Å²) in [5.41, 5.74) is 4.15. The predicted octanol–water partition coefficient (Wildman–Crippen LogP) is 6.03. The van der Waals surface area contributed by atoms with Crippen molar-refractivity contribution in [3.05, 3.63) is 88.4 Å². The number of aromatic nitrogens is 1. The third-order valence-electron chi connectivity index (χ3n) is 5.38. The number of benzene rings is 3. The second-order valence-corrected chi connectivity index (χ2v) is 8.50. The van der Waals surface area contributed by atoms with Gasteiger partial charge in [0.15, 0.2) is 6.61 Å². The van der Waals surface area contributed by atoms with Gasteiger partial charge in [-0.3, -0.25) is 4.79 Å². The van der Waals surface area contributed by atoms with E-state index < -0.39 is 18.5 Å². The Morgan fingerprint density at radius 2 is 1.76 bits per heavy atom. The number of rotatable bonds is 7. The van der Waals surface area contributed by atoms with Crippen molar-refractivity contribution in [3.8, 4) is 17.0 Å². The zero-order chi connectivity index (χ0) is 24.1. The minimum atomic E-state index is -0.588. The quantitative estimate of drug-likeness (QED) is 0.302. The van der Waals surface area contributed by atoms with Crippen LogP contribution in [0.4, 0.5) is 5.69 Å². The van der Waals surface area contributed by atoms with Crippen LogP contribution in [0.2, 0.25) is 0 Å². The molecule has 7 heteroatoms. The van der Waals surface area contributed by atoms with E-state index in [4.69, 9.17) is 9.47 Å². The molecule has 1 heterocycles. The molecule has 0 aliphatic heterocycles. The largest absolute Gasteiger partial charge is 0.497 e. The number of anilines is 1. The molecule has 0 aliphatic rings. The maximum Gasteiger partial charge on any atom is 0.339 e. The number of fused-ring (bicyclic) bond motifs is 1. The number of hydrogen-bond acceptors (Lipinski definition) is 5. The molecular weight excluding hydrogens is 496 g/mol. The SMILES string of the molecule is CCc1cc(Br)ccc1NC(=O)COC(=O)c1cc(-c2ccc(OC)cc2)nc2ccccc12. The van der Waals surface area contributed by atoms with E-state index in [1.54, 1.807) is 13.2 Å². The minimum absolute atomic E-state index is 0.349. The molecule has 6 nitrogen and oxygen atoms in total. The molecule has 0 unspecified atom stereocenters. The van der Waals surface area contributed by atoms with Crippen LogP contribution in [0.15, 0.2) is 77.3 Å². The fourth-order valence-corrected chi connectivity index (χ4v) is 4.03. The summed E-state index contributed by atoms with van der Waals surface area (Å²) in [6, 6.07) is 22.1. The molecular formula is C27H23BrN2O4. The monoisotopic (exact) mass is 518 g/mol. The zero-order valence-electron chi connectivity index (χ0n) is 18.8. The van der Waals surface area contributed by atoms with Crippen molar-refractivity contribution in [3.63, 3.8) is 0 Å². The fourth-order valence-electron chi connectivity index (χ4n) is 3.63. The van der Waals surface area contributed by atoms with Crippen molar-refractivity contribution in [2.75, 3.05) is 19.0 Å². The number of methoxy groups -OCH3 is 1. The van der Waals surface area contributed by atoms with Gasteiger partial charge in [-0.1, -0.05) is 41.1 Å². The first kappa shape index (κ1) is 23.4. The van der Waals surface area contributed by atoms with E-state index in [1.807, 2.05) is 73.7 Å². The molecule has 0 aliphatic carbocycles. The molecule has 0 radical (unpaired) electrons. The summed E-state index contributed by atoms with van der Waals surface area (Å²) < 4.78 is 11.5. The van der Waals surface area contributed by atoms with Gasteiger partial charge in [0.05, 0.1) is 23.9 Å². The van der Waals surface area contributed by atoms with Crippen LogP contribution >= 0.6 is 15.9 Å². The van der Waals surface area contributed by atoms with Crippen LogP contribution in [0.3, 0.4) is 0 Å². The summed E-state index contributed by atoms with van der Waals surface area (Å²) in [6.07, 6.45) is 0.756. The second-order valence-electron chi connectivity index (χ2n) is 7.58. The van der Waals surface area contributed by atoms with Crippen LogP contribution in [0.25, 0.3) is 22.2 Å². The van der Waals surface area contributed by atoms with E-state index >= 15 is 0 Å². The molecule has 0 bridgehead atoms. The van der Waals surface area contributed by atoms with E-state index in [2.05, 4.69) is 26.2 Å². The van der Waals surface area contributed by atoms with Gasteiger partial charge in [-0.15, -0.1) is 0 Å². The zero-order valence-corrected chi connectivity index (χ0v) is 20.4. The van der Waals surface area contributed by atoms with E-state index in [0.29, 0.717) is 27.8 Å². The lowest BCUT2D eigenvalue weighted by Gasteiger charge is -2.12. The van der Waals surface area contributed by atoms with Crippen LogP contribution in [-0.4, -0.2) is 30.6 Å². The third kappa shape index (κ3) is 5.26. The molecule has 4 rings (SSSR count). The van der Waals surface area contributed by atoms with Crippen molar-refractivity contribution >= 4 is 44.4 Å². The summed E-state index contributed by atoms with van der Waals surface area (Å²) >= 11 is 3.44. The lowest BCUT2D eigenvalue weighted by molar-refractivity contribution is -0.119. The number of aryl methyl sites for hydroxylation is 1. The van der Waals surface area contributed by atoms with Gasteiger partial charge in [0.2, 0.25) is 0 Å². The van der Waals surface area contributed by atoms with Crippen LogP contribution < -0.4 is 10.1 Å². The Hall–Kier alpha value is -3.71. The highest BCUT2D eigenvalue weighted by molar-refractivity contribution is 9.10. The number of amides is 1. The highest BCUT2D eigenvalue weighted by Crippen LogP contribution is 2.27. The van der Waals surface area contributed by atoms with Gasteiger partial charge in [0.25, 0.3) is 5.91 Å². The van der Waals surface area contributed by atoms with E-state index in [1.165, 1.54) is 0 Å². The highest BCUT2D eigenvalue weighted by Gasteiger charge is 2.17. The Balaban J connectivity index is 1.55. The number of ether oxygens (including phenoxy) is 2. The molecule has 0 saturated heterocycles. The number of pyridine rings is 1. The summed E-state index contributed by atoms with van der Waals surface area (Å²) in [5.74, 6) is -0.263. The first-order chi connectivity index (χ1) is 16.5. The highest BCUT2D eigenvalue weighted by atomic mass is 79.9. The first-order valence-corrected chi connectivity index (χ1v) is 11.6. The molecule has 0 spiro atoms. The summed E-state index contributed by atoms with van der Waals surface area (Å²) in [4.78, 5) is 30.2. The van der Waals surface area contributed by atoms with Gasteiger partial charge < -0.3 is 14.8 Å². The van der Waals surface area contributed by atoms with Gasteiger partial charge in [-0.2, -0.15) is 0 Å². The van der Waals surface area contributed by atoms with Crippen molar-refractivity contribution < 1.29 is 19.1 Å². The Morgan fingerprint density at radius 3 is 2.50 bits per heavy atom. The smallest absolute Gasteiger partial charge is 0.339 e. The van der Waals surface area contributed by atoms with Crippen molar-refractivity contribution in [1.82, 2.24) is 4.98 Å². The number of nitrogens with zero attached hydrogens (tertiary/aromatic N) is 1. The third-order valence-corrected chi connectivity index (χ3v) is 5.87. The number of para-hydroxylation sites is 1. The lowest BCUT2D eigenvalue weighted by atomic mass is 10.0. The normalized spacial score (nSPS) is 10.7. The molecule has 0 saturated carbocycles. The van der Waals surface area contributed by atoms with Gasteiger partial charge in [-0.25, -0.2) is 9.78 Å². The number of carbonyl (C=O) groups excluding carboxylic acids is 2. The number of halogens is 1. The topological polar surface area (TPSA) is 77.5 Å². The number of carbonyl (C=O) groups is 2. The van der Waals surface area contributed by atoms with Gasteiger partial charge in [0.1, 0.15) is 5.75 Å². The standard InChI is InChI=1S/C27H23BrN2O4/c1-3-17-14-19(28)10-13-23(17)30-26(31)16-34-27(32)22-15-25(18-8-11-20(33-2)12-9-18)29-24-7-5-4-6-21(22)24/h4-15H,3,16H2,1-2H3,(H,30,31). The average molecular weight is 519 g/mol. The molecule has 0 fully saturated rings. The Labute approximate surface area is 206 Å². The molecule has 172 valence electrons. The summed E-state index contributed by atoms with van der Waals surface area (Å²) in [6.45, 7) is 1.61. The Morgan fingerprint density at radius 1 is 1.00 bits per heavy atom. The number of nitrogens with one attached hydrogen (secondary N) is 1. The molecule has 34 heavy (non-hydrogen) atoms. The van der Waals surface area contributed by atoms with Gasteiger partial charge >= 0.3 is 5.97 Å². The van der Waals surface area contributed by atoms with Crippen LogP contribution in [-0.2, 0) is 16.0 Å². The molecule has 1 amide bonds. The summed E-state index contributed by atoms with van der Waals surface area (Å²) in [5, 5.41) is 3.48. The van der Waals surface area contributed by atoms with Crippen molar-refractivity contribution in [1.29, 1.82) is 0 Å². The lowest BCUT2D eigenvalue weighted by Crippen LogP contribution is -2.21. The molecule has 1 aromatic heterocycles. The average Bonchev–Trinajstić information content (AvgIpc) is 2.87. The van der Waals surface area contributed by atoms with Gasteiger partial charge in [-0.05, 0) is 66.6 Å². The molecule has 3 aromatic carbocycles. The maximum absolute atomic E-state index is 13.0. The van der Waals surface area contributed by atoms with Gasteiger partial charge in [0, 0.05) is 21.1 Å². The first-order valence-electron chi connectivity index (χ1n) is 10.8. The van der Waals surface area contributed by atoms with Crippen molar-refractivity contribution in [2.45, 2.75) is 13.3 Å². The van der Waals surface area contributed by atoms with Crippen molar-refractivity contribution in [2.24, 2.45) is 0 Å². The molecule has 1 N–H and O–H groups in total. The van der Waals surface area contributed by atoms with E-state index in [-0.39, 0.29) is 0 Å². The van der Waals surface area contributed by atoms with Crippen LogP contribution in [0, 0.1) is 0 Å². The summed E-state index contributed by atoms with van der Waals surface area (Å²) in [7, 11) is 1.60. The van der Waals surface area contributed by atoms with Crippen LogP contribution in [0.5, 0.6) is 5.75 Å². The minimum Gasteiger partial charge on any atom is -0.497 e. The van der Waals surface area contributed by atoms with Crippen LogP contribution in [0.1, 0.15) is 22.8 Å².